The molecule has 0 bridgehead atoms. The van der Waals surface area contributed by atoms with Crippen LogP contribution in [0.1, 0.15) is 10.4 Å². The van der Waals surface area contributed by atoms with Gasteiger partial charge in [0.05, 0.1) is 5.02 Å². The molecule has 0 aliphatic rings. The first-order valence-corrected chi connectivity index (χ1v) is 5.96. The van der Waals surface area contributed by atoms with Crippen molar-refractivity contribution in [2.45, 2.75) is 9.24 Å². The van der Waals surface area contributed by atoms with Crippen molar-refractivity contribution in [2.75, 3.05) is 0 Å². The predicted molar refractivity (Wildman–Crippen MR) is 60.9 cm³/mol. The lowest BCUT2D eigenvalue weighted by atomic mass is 10.2. The molecule has 2 aromatic rings. The van der Waals surface area contributed by atoms with Crippen molar-refractivity contribution in [1.82, 2.24) is 9.36 Å². The highest BCUT2D eigenvalue weighted by molar-refractivity contribution is 8.01. The van der Waals surface area contributed by atoms with Gasteiger partial charge in [-0.1, -0.05) is 29.4 Å². The van der Waals surface area contributed by atoms with E-state index in [4.69, 9.17) is 11.6 Å². The summed E-state index contributed by atoms with van der Waals surface area (Å²) in [7, 11) is 0. The molecule has 0 radical (unpaired) electrons. The van der Waals surface area contributed by atoms with E-state index < -0.39 is 0 Å². The number of nitrogens with zero attached hydrogens (tertiary/aromatic N) is 2. The second kappa shape index (κ2) is 4.74. The monoisotopic (exact) mass is 256 g/mol. The highest BCUT2D eigenvalue weighted by Gasteiger charge is 2.08. The van der Waals surface area contributed by atoms with E-state index in [1.807, 2.05) is 6.07 Å². The number of hydrogen-bond acceptors (Lipinski definition) is 5. The maximum Gasteiger partial charge on any atom is 0.174 e. The van der Waals surface area contributed by atoms with Crippen molar-refractivity contribution in [3.63, 3.8) is 0 Å². The summed E-state index contributed by atoms with van der Waals surface area (Å²) in [5.74, 6) is 0. The van der Waals surface area contributed by atoms with Crippen LogP contribution in [0.2, 0.25) is 5.02 Å². The van der Waals surface area contributed by atoms with Crippen molar-refractivity contribution < 1.29 is 4.79 Å². The van der Waals surface area contributed by atoms with Gasteiger partial charge in [0.2, 0.25) is 0 Å². The highest BCUT2D eigenvalue weighted by atomic mass is 35.5. The number of aldehydes is 1. The summed E-state index contributed by atoms with van der Waals surface area (Å²) in [5, 5.41) is 0.458. The van der Waals surface area contributed by atoms with Crippen LogP contribution in [0.15, 0.2) is 33.8 Å². The molecular weight excluding hydrogens is 252 g/mol. The van der Waals surface area contributed by atoms with E-state index in [1.54, 1.807) is 12.1 Å². The van der Waals surface area contributed by atoms with Crippen LogP contribution in [0.5, 0.6) is 0 Å². The quantitative estimate of drug-likeness (QED) is 0.792. The second-order valence-corrected chi connectivity index (χ2v) is 5.06. The van der Waals surface area contributed by atoms with Crippen molar-refractivity contribution in [1.29, 1.82) is 0 Å². The first kappa shape index (κ1) is 10.6. The van der Waals surface area contributed by atoms with Gasteiger partial charge in [-0.25, -0.2) is 4.98 Å². The predicted octanol–water partition coefficient (Wildman–Crippen LogP) is 3.16. The number of halogens is 1. The lowest BCUT2D eigenvalue weighted by Gasteiger charge is -2.02. The molecule has 0 aliphatic carbocycles. The van der Waals surface area contributed by atoms with Crippen molar-refractivity contribution >= 4 is 41.2 Å². The number of benzene rings is 1. The Kier molecular flexibility index (Phi) is 3.35. The van der Waals surface area contributed by atoms with Gasteiger partial charge in [0.15, 0.2) is 10.6 Å². The van der Waals surface area contributed by atoms with Gasteiger partial charge in [-0.3, -0.25) is 4.79 Å². The molecule has 1 aromatic heterocycles. The van der Waals surface area contributed by atoms with Crippen LogP contribution >= 0.6 is 34.9 Å². The maximum atomic E-state index is 10.8. The molecule has 0 saturated heterocycles. The normalized spacial score (nSPS) is 10.2. The third-order valence-corrected chi connectivity index (χ3v) is 3.79. The molecule has 0 aliphatic heterocycles. The van der Waals surface area contributed by atoms with Gasteiger partial charge in [-0.2, -0.15) is 4.37 Å². The van der Waals surface area contributed by atoms with Crippen LogP contribution in [0.3, 0.4) is 0 Å². The van der Waals surface area contributed by atoms with E-state index in [0.717, 1.165) is 15.5 Å². The fourth-order valence-corrected chi connectivity index (χ4v) is 2.83. The van der Waals surface area contributed by atoms with Gasteiger partial charge in [0, 0.05) is 10.5 Å². The topological polar surface area (TPSA) is 42.9 Å². The van der Waals surface area contributed by atoms with E-state index in [-0.39, 0.29) is 0 Å². The lowest BCUT2D eigenvalue weighted by Crippen LogP contribution is -1.86. The SMILES string of the molecule is O=Cc1c(Cl)cccc1Sc1ncns1. The molecule has 1 heterocycles. The summed E-state index contributed by atoms with van der Waals surface area (Å²) in [6.45, 7) is 0. The number of rotatable bonds is 3. The fourth-order valence-electron chi connectivity index (χ4n) is 1.02. The summed E-state index contributed by atoms with van der Waals surface area (Å²) < 4.78 is 4.68. The summed E-state index contributed by atoms with van der Waals surface area (Å²) >= 11 is 8.57. The smallest absolute Gasteiger partial charge is 0.174 e. The molecule has 3 nitrogen and oxygen atoms in total. The molecule has 1 aromatic carbocycles. The summed E-state index contributed by atoms with van der Waals surface area (Å²) in [6.07, 6.45) is 2.24. The van der Waals surface area contributed by atoms with Gasteiger partial charge in [0.1, 0.15) is 6.33 Å². The second-order valence-electron chi connectivity index (χ2n) is 2.58. The summed E-state index contributed by atoms with van der Waals surface area (Å²) in [6, 6.07) is 5.33. The van der Waals surface area contributed by atoms with E-state index in [2.05, 4.69) is 9.36 Å². The van der Waals surface area contributed by atoms with Gasteiger partial charge >= 0.3 is 0 Å². The Morgan fingerprint density at radius 2 is 2.33 bits per heavy atom. The zero-order valence-electron chi connectivity index (χ0n) is 7.38. The zero-order chi connectivity index (χ0) is 10.7. The van der Waals surface area contributed by atoms with Crippen LogP contribution in [-0.4, -0.2) is 15.6 Å². The zero-order valence-corrected chi connectivity index (χ0v) is 9.77. The first-order valence-electron chi connectivity index (χ1n) is 3.99. The van der Waals surface area contributed by atoms with Crippen molar-refractivity contribution in [3.8, 4) is 0 Å². The number of aromatic nitrogens is 2. The Balaban J connectivity index is 2.36. The molecule has 0 atom stereocenters. The molecule has 0 spiro atoms. The largest absolute Gasteiger partial charge is 0.298 e. The number of carbonyl (C=O) groups excluding carboxylic acids is 1. The van der Waals surface area contributed by atoms with Gasteiger partial charge in [-0.15, -0.1) is 0 Å². The van der Waals surface area contributed by atoms with Crippen LogP contribution in [0, 0.1) is 0 Å². The number of carbonyl (C=O) groups is 1. The molecule has 0 unspecified atom stereocenters. The molecule has 15 heavy (non-hydrogen) atoms. The minimum absolute atomic E-state index is 0.458. The molecule has 6 heteroatoms. The lowest BCUT2D eigenvalue weighted by molar-refractivity contribution is 0.112. The molecule has 0 amide bonds. The molecule has 0 fully saturated rings. The molecule has 0 N–H and O–H groups in total. The van der Waals surface area contributed by atoms with E-state index in [9.17, 15) is 4.79 Å². The molecule has 76 valence electrons. The Morgan fingerprint density at radius 1 is 1.47 bits per heavy atom. The van der Waals surface area contributed by atoms with Crippen LogP contribution < -0.4 is 0 Å². The molecular formula is C9H5ClN2OS2. The minimum Gasteiger partial charge on any atom is -0.298 e. The fraction of sp³-hybridized carbons (Fsp3) is 0. The number of hydrogen-bond donors (Lipinski definition) is 0. The third-order valence-electron chi connectivity index (χ3n) is 1.67. The molecule has 0 saturated carbocycles. The Bertz CT molecular complexity index is 473. The minimum atomic E-state index is 0.458. The van der Waals surface area contributed by atoms with Crippen LogP contribution in [0.4, 0.5) is 0 Å². The Labute approximate surface area is 99.7 Å². The average Bonchev–Trinajstić information content (AvgIpc) is 2.71. The van der Waals surface area contributed by atoms with Crippen LogP contribution in [-0.2, 0) is 0 Å². The van der Waals surface area contributed by atoms with Crippen LogP contribution in [0.25, 0.3) is 0 Å². The van der Waals surface area contributed by atoms with Gasteiger partial charge < -0.3 is 0 Å². The summed E-state index contributed by atoms with van der Waals surface area (Å²) in [4.78, 5) is 15.7. The average molecular weight is 257 g/mol. The van der Waals surface area contributed by atoms with E-state index in [0.29, 0.717) is 10.6 Å². The maximum absolute atomic E-state index is 10.8. The van der Waals surface area contributed by atoms with E-state index in [1.165, 1.54) is 29.6 Å². The van der Waals surface area contributed by atoms with Crippen molar-refractivity contribution in [2.24, 2.45) is 0 Å². The van der Waals surface area contributed by atoms with Gasteiger partial charge in [-0.05, 0) is 23.7 Å². The third kappa shape index (κ3) is 2.37. The highest BCUT2D eigenvalue weighted by Crippen LogP contribution is 2.32. The molecule has 2 rings (SSSR count). The van der Waals surface area contributed by atoms with Crippen molar-refractivity contribution in [3.05, 3.63) is 35.1 Å². The Hall–Kier alpha value is -0.910. The van der Waals surface area contributed by atoms with E-state index >= 15 is 0 Å². The Morgan fingerprint density at radius 3 is 3.00 bits per heavy atom. The standard InChI is InChI=1S/C9H5ClN2OS2/c10-7-2-1-3-8(6(7)4-13)14-9-11-5-12-15-9/h1-5H. The first-order chi connectivity index (χ1) is 7.31. The summed E-state index contributed by atoms with van der Waals surface area (Å²) in [5.41, 5.74) is 0.499. The van der Waals surface area contributed by atoms with Gasteiger partial charge in [0.25, 0.3) is 0 Å².